The van der Waals surface area contributed by atoms with Crippen LogP contribution < -0.4 is 19.7 Å². The number of carbonyl (C=O) groups is 1. The van der Waals surface area contributed by atoms with Crippen LogP contribution in [0.25, 0.3) is 0 Å². The largest absolute Gasteiger partial charge is 0.493 e. The first-order valence-electron chi connectivity index (χ1n) is 8.74. The predicted molar refractivity (Wildman–Crippen MR) is 107 cm³/mol. The number of rotatable bonds is 5. The summed E-state index contributed by atoms with van der Waals surface area (Å²) in [6.45, 7) is 3.83. The average molecular weight is 410 g/mol. The van der Waals surface area contributed by atoms with Crippen molar-refractivity contribution in [2.24, 2.45) is 0 Å². The van der Waals surface area contributed by atoms with Gasteiger partial charge < -0.3 is 19.7 Å². The zero-order valence-electron chi connectivity index (χ0n) is 15.6. The quantitative estimate of drug-likeness (QED) is 0.797. The highest BCUT2D eigenvalue weighted by Gasteiger charge is 2.24. The lowest BCUT2D eigenvalue weighted by atomic mass is 9.99. The number of fused-ring (bicyclic) bond motifs is 1. The molecule has 1 amide bonds. The molecule has 1 aliphatic heterocycles. The highest BCUT2D eigenvalue weighted by atomic mass is 35.5. The summed E-state index contributed by atoms with van der Waals surface area (Å²) in [6.07, 6.45) is 0.879. The van der Waals surface area contributed by atoms with E-state index in [1.807, 2.05) is 25.1 Å². The van der Waals surface area contributed by atoms with Gasteiger partial charge in [-0.15, -0.1) is 0 Å². The van der Waals surface area contributed by atoms with Crippen LogP contribution in [0, 0.1) is 6.92 Å². The Balaban J connectivity index is 1.70. The summed E-state index contributed by atoms with van der Waals surface area (Å²) in [5.41, 5.74) is 3.76. The SMILES string of the molecule is COc1cc2c(cc1OC)C[NH+](CC(=O)Nc1c(Cl)ccc(C)c1Cl)CC2. The van der Waals surface area contributed by atoms with Crippen molar-refractivity contribution in [3.8, 4) is 11.5 Å². The van der Waals surface area contributed by atoms with Crippen molar-refractivity contribution in [3.05, 3.63) is 51.0 Å². The van der Waals surface area contributed by atoms with Gasteiger partial charge in [0, 0.05) is 12.0 Å². The molecule has 1 unspecified atom stereocenters. The van der Waals surface area contributed by atoms with E-state index in [1.165, 1.54) is 16.0 Å². The second-order valence-corrected chi connectivity index (χ2v) is 7.47. The molecule has 3 rings (SSSR count). The molecule has 5 nitrogen and oxygen atoms in total. The second kappa shape index (κ2) is 8.38. The van der Waals surface area contributed by atoms with Crippen molar-refractivity contribution in [2.45, 2.75) is 19.9 Å². The molecule has 2 N–H and O–H groups in total. The van der Waals surface area contributed by atoms with Gasteiger partial charge in [-0.2, -0.15) is 0 Å². The molecule has 0 saturated carbocycles. The Bertz CT molecular complexity index is 871. The lowest BCUT2D eigenvalue weighted by molar-refractivity contribution is -0.907. The fourth-order valence-electron chi connectivity index (χ4n) is 3.36. The number of quaternary nitrogens is 1. The number of carbonyl (C=O) groups excluding carboxylic acids is 1. The number of aryl methyl sites for hydroxylation is 1. The van der Waals surface area contributed by atoms with Crippen molar-refractivity contribution in [2.75, 3.05) is 32.6 Å². The number of hydrogen-bond acceptors (Lipinski definition) is 3. The molecule has 0 aromatic heterocycles. The molecule has 0 bridgehead atoms. The summed E-state index contributed by atoms with van der Waals surface area (Å²) in [5, 5.41) is 3.78. The van der Waals surface area contributed by atoms with Crippen molar-refractivity contribution >= 4 is 34.8 Å². The molecule has 0 radical (unpaired) electrons. The van der Waals surface area contributed by atoms with Gasteiger partial charge in [-0.3, -0.25) is 4.79 Å². The molecular formula is C20H23Cl2N2O3+. The zero-order valence-corrected chi connectivity index (χ0v) is 17.1. The van der Waals surface area contributed by atoms with E-state index in [1.54, 1.807) is 20.3 Å². The number of benzene rings is 2. The molecule has 2 aromatic rings. The number of ether oxygens (including phenoxy) is 2. The summed E-state index contributed by atoms with van der Waals surface area (Å²) in [4.78, 5) is 13.7. The van der Waals surface area contributed by atoms with Crippen LogP contribution in [0.15, 0.2) is 24.3 Å². The summed E-state index contributed by atoms with van der Waals surface area (Å²) in [6, 6.07) is 7.59. The molecule has 1 heterocycles. The molecule has 0 spiro atoms. The lowest BCUT2D eigenvalue weighted by Gasteiger charge is -2.26. The molecule has 0 aliphatic carbocycles. The van der Waals surface area contributed by atoms with Crippen LogP contribution in [-0.2, 0) is 17.8 Å². The Morgan fingerprint density at radius 1 is 1.15 bits per heavy atom. The van der Waals surface area contributed by atoms with Crippen LogP contribution in [0.2, 0.25) is 10.0 Å². The molecule has 7 heteroatoms. The Hall–Kier alpha value is -1.95. The third-order valence-electron chi connectivity index (χ3n) is 4.85. The number of hydrogen-bond donors (Lipinski definition) is 2. The fraction of sp³-hybridized carbons (Fsp3) is 0.350. The maximum atomic E-state index is 12.5. The molecule has 27 heavy (non-hydrogen) atoms. The molecule has 1 atom stereocenters. The number of nitrogens with one attached hydrogen (secondary N) is 2. The normalized spacial score (nSPS) is 15.8. The molecular weight excluding hydrogens is 387 g/mol. The van der Waals surface area contributed by atoms with Crippen molar-refractivity contribution in [1.29, 1.82) is 0 Å². The minimum Gasteiger partial charge on any atom is -0.493 e. The van der Waals surface area contributed by atoms with E-state index in [0.29, 0.717) is 28.0 Å². The first-order valence-corrected chi connectivity index (χ1v) is 9.50. The minimum atomic E-state index is -0.108. The number of anilines is 1. The fourth-order valence-corrected chi connectivity index (χ4v) is 3.83. The second-order valence-electron chi connectivity index (χ2n) is 6.68. The van der Waals surface area contributed by atoms with Gasteiger partial charge in [-0.25, -0.2) is 0 Å². The maximum Gasteiger partial charge on any atom is 0.279 e. The van der Waals surface area contributed by atoms with E-state index in [4.69, 9.17) is 32.7 Å². The van der Waals surface area contributed by atoms with Crippen molar-refractivity contribution < 1.29 is 19.2 Å². The van der Waals surface area contributed by atoms with E-state index in [0.717, 1.165) is 30.8 Å². The summed E-state index contributed by atoms with van der Waals surface area (Å²) in [7, 11) is 3.26. The average Bonchev–Trinajstić information content (AvgIpc) is 2.67. The van der Waals surface area contributed by atoms with Gasteiger partial charge in [0.05, 0.1) is 36.5 Å². The van der Waals surface area contributed by atoms with E-state index < -0.39 is 0 Å². The van der Waals surface area contributed by atoms with Gasteiger partial charge in [0.1, 0.15) is 6.54 Å². The van der Waals surface area contributed by atoms with Gasteiger partial charge in [0.25, 0.3) is 5.91 Å². The van der Waals surface area contributed by atoms with Crippen LogP contribution in [0.5, 0.6) is 11.5 Å². The molecule has 0 saturated heterocycles. The summed E-state index contributed by atoms with van der Waals surface area (Å²) >= 11 is 12.5. The molecule has 144 valence electrons. The predicted octanol–water partition coefficient (Wildman–Crippen LogP) is 2.90. The highest BCUT2D eigenvalue weighted by Crippen LogP contribution is 2.33. The van der Waals surface area contributed by atoms with Gasteiger partial charge in [-0.05, 0) is 36.2 Å². The number of halogens is 2. The molecule has 1 aliphatic rings. The third kappa shape index (κ3) is 4.32. The van der Waals surface area contributed by atoms with Gasteiger partial charge in [-0.1, -0.05) is 29.3 Å². The Morgan fingerprint density at radius 3 is 2.48 bits per heavy atom. The standard InChI is InChI=1S/C20H22Cl2N2O3/c1-12-4-5-15(21)20(19(12)22)23-18(25)11-24-7-6-13-8-16(26-2)17(27-3)9-14(13)10-24/h4-5,8-9H,6-7,10-11H2,1-3H3,(H,23,25)/p+1. The van der Waals surface area contributed by atoms with Crippen LogP contribution in [-0.4, -0.2) is 33.2 Å². The van der Waals surface area contributed by atoms with Crippen LogP contribution in [0.1, 0.15) is 16.7 Å². The van der Waals surface area contributed by atoms with E-state index in [9.17, 15) is 4.79 Å². The van der Waals surface area contributed by atoms with E-state index in [2.05, 4.69) is 5.32 Å². The topological polar surface area (TPSA) is 52.0 Å². The van der Waals surface area contributed by atoms with Crippen LogP contribution >= 0.6 is 23.2 Å². The summed E-state index contributed by atoms with van der Waals surface area (Å²) < 4.78 is 10.8. The molecule has 2 aromatic carbocycles. The Morgan fingerprint density at radius 2 is 1.81 bits per heavy atom. The summed E-state index contributed by atoms with van der Waals surface area (Å²) in [5.74, 6) is 1.34. The van der Waals surface area contributed by atoms with Crippen molar-refractivity contribution in [3.63, 3.8) is 0 Å². The van der Waals surface area contributed by atoms with Gasteiger partial charge in [0.15, 0.2) is 18.0 Å². The van der Waals surface area contributed by atoms with Crippen molar-refractivity contribution in [1.82, 2.24) is 0 Å². The zero-order chi connectivity index (χ0) is 19.6. The maximum absolute atomic E-state index is 12.5. The Labute approximate surface area is 169 Å². The van der Waals surface area contributed by atoms with E-state index in [-0.39, 0.29) is 5.91 Å². The van der Waals surface area contributed by atoms with Gasteiger partial charge >= 0.3 is 0 Å². The van der Waals surface area contributed by atoms with Crippen LogP contribution in [0.3, 0.4) is 0 Å². The first kappa shape index (κ1) is 19.8. The van der Waals surface area contributed by atoms with Gasteiger partial charge in [0.2, 0.25) is 0 Å². The van der Waals surface area contributed by atoms with Crippen LogP contribution in [0.4, 0.5) is 5.69 Å². The highest BCUT2D eigenvalue weighted by molar-refractivity contribution is 6.40. The Kier molecular flexibility index (Phi) is 6.15. The third-order valence-corrected chi connectivity index (χ3v) is 5.66. The minimum absolute atomic E-state index is 0.108. The van der Waals surface area contributed by atoms with E-state index >= 15 is 0 Å². The smallest absolute Gasteiger partial charge is 0.279 e. The lowest BCUT2D eigenvalue weighted by Crippen LogP contribution is -3.12. The number of amides is 1. The number of methoxy groups -OCH3 is 2. The first-order chi connectivity index (χ1) is 12.9. The molecule has 0 fully saturated rings. The monoisotopic (exact) mass is 409 g/mol.